The van der Waals surface area contributed by atoms with E-state index in [0.717, 1.165) is 54.0 Å². The Labute approximate surface area is 165 Å². The summed E-state index contributed by atoms with van der Waals surface area (Å²) in [6, 6.07) is 4.95. The number of guanidine groups is 1. The third kappa shape index (κ3) is 4.50. The lowest BCUT2D eigenvalue weighted by atomic mass is 10.2. The van der Waals surface area contributed by atoms with Crippen molar-refractivity contribution in [1.82, 2.24) is 19.6 Å². The Hall–Kier alpha value is -1.74. The number of anilines is 1. The molecule has 140 valence electrons. The molecule has 6 nitrogen and oxygen atoms in total. The van der Waals surface area contributed by atoms with Crippen molar-refractivity contribution in [2.24, 2.45) is 4.99 Å². The topological polar surface area (TPSA) is 56.7 Å². The van der Waals surface area contributed by atoms with E-state index in [1.807, 2.05) is 0 Å². The van der Waals surface area contributed by atoms with Gasteiger partial charge < -0.3 is 15.1 Å². The van der Waals surface area contributed by atoms with Gasteiger partial charge in [-0.15, -0.1) is 0 Å². The lowest BCUT2D eigenvalue weighted by Gasteiger charge is -2.36. The van der Waals surface area contributed by atoms with Crippen molar-refractivity contribution in [3.63, 3.8) is 0 Å². The molecular formula is C17H22BrFN6S. The summed E-state index contributed by atoms with van der Waals surface area (Å²) in [5.74, 6) is 1.47. The van der Waals surface area contributed by atoms with Crippen LogP contribution in [-0.2, 0) is 13.0 Å². The molecule has 0 atom stereocenters. The maximum absolute atomic E-state index is 13.9. The zero-order chi connectivity index (χ0) is 18.5. The van der Waals surface area contributed by atoms with Crippen LogP contribution >= 0.6 is 27.5 Å². The highest BCUT2D eigenvalue weighted by Gasteiger charge is 2.22. The molecule has 2 aromatic rings. The molecule has 0 bridgehead atoms. The molecule has 2 heterocycles. The number of halogens is 2. The number of nitrogens with zero attached hydrogens (tertiary/aromatic N) is 5. The number of hydrogen-bond donors (Lipinski definition) is 1. The molecule has 0 amide bonds. The second kappa shape index (κ2) is 8.77. The zero-order valence-corrected chi connectivity index (χ0v) is 17.3. The van der Waals surface area contributed by atoms with Crippen molar-refractivity contribution in [2.75, 3.05) is 38.1 Å². The molecule has 1 saturated heterocycles. The largest absolute Gasteiger partial charge is 0.352 e. The van der Waals surface area contributed by atoms with Crippen molar-refractivity contribution < 1.29 is 4.39 Å². The molecular weight excluding hydrogens is 419 g/mol. The van der Waals surface area contributed by atoms with Crippen LogP contribution in [0.1, 0.15) is 18.3 Å². The molecule has 1 aromatic carbocycles. The van der Waals surface area contributed by atoms with Gasteiger partial charge in [-0.05, 0) is 18.2 Å². The summed E-state index contributed by atoms with van der Waals surface area (Å²) in [6.07, 6.45) is 0.860. The highest BCUT2D eigenvalue weighted by Crippen LogP contribution is 2.19. The molecule has 0 unspecified atom stereocenters. The summed E-state index contributed by atoms with van der Waals surface area (Å²) >= 11 is 4.84. The van der Waals surface area contributed by atoms with Gasteiger partial charge in [0.25, 0.3) is 0 Å². The fourth-order valence-electron chi connectivity index (χ4n) is 2.81. The van der Waals surface area contributed by atoms with Crippen LogP contribution in [-0.4, -0.2) is 53.4 Å². The third-order valence-corrected chi connectivity index (χ3v) is 5.59. The second-order valence-corrected chi connectivity index (χ2v) is 7.60. The summed E-state index contributed by atoms with van der Waals surface area (Å²) in [5.41, 5.74) is 0.611. The number of piperazine rings is 1. The molecule has 1 fully saturated rings. The van der Waals surface area contributed by atoms with E-state index < -0.39 is 0 Å². The smallest absolute Gasteiger partial charge is 0.205 e. The van der Waals surface area contributed by atoms with Gasteiger partial charge >= 0.3 is 0 Å². The van der Waals surface area contributed by atoms with Gasteiger partial charge in [-0.1, -0.05) is 22.9 Å². The highest BCUT2D eigenvalue weighted by atomic mass is 79.9. The van der Waals surface area contributed by atoms with Crippen LogP contribution in [0.15, 0.2) is 27.7 Å². The second-order valence-electron chi connectivity index (χ2n) is 5.96. The van der Waals surface area contributed by atoms with Crippen molar-refractivity contribution in [1.29, 1.82) is 0 Å². The lowest BCUT2D eigenvalue weighted by Crippen LogP contribution is -2.52. The molecule has 0 saturated carbocycles. The quantitative estimate of drug-likeness (QED) is 0.584. The Morgan fingerprint density at radius 1 is 1.35 bits per heavy atom. The molecule has 26 heavy (non-hydrogen) atoms. The fourth-order valence-corrected chi connectivity index (χ4v) is 4.02. The monoisotopic (exact) mass is 440 g/mol. The Bertz CT molecular complexity index is 772. The maximum Gasteiger partial charge on any atom is 0.205 e. The Balaban J connectivity index is 1.56. The van der Waals surface area contributed by atoms with Gasteiger partial charge in [0.2, 0.25) is 5.13 Å². The zero-order valence-electron chi connectivity index (χ0n) is 14.9. The van der Waals surface area contributed by atoms with E-state index in [9.17, 15) is 4.39 Å². The van der Waals surface area contributed by atoms with Crippen LogP contribution in [0.25, 0.3) is 0 Å². The first-order chi connectivity index (χ1) is 12.6. The number of aromatic nitrogens is 2. The van der Waals surface area contributed by atoms with Crippen molar-refractivity contribution in [3.8, 4) is 0 Å². The SMILES string of the molecule is CCc1nsc(N2CCN(C(=NC)NCc3cc(Br)ccc3F)CC2)n1. The van der Waals surface area contributed by atoms with Crippen LogP contribution in [0.5, 0.6) is 0 Å². The van der Waals surface area contributed by atoms with Crippen molar-refractivity contribution in [2.45, 2.75) is 19.9 Å². The van der Waals surface area contributed by atoms with E-state index >= 15 is 0 Å². The van der Waals surface area contributed by atoms with Gasteiger partial charge in [0.05, 0.1) is 0 Å². The van der Waals surface area contributed by atoms with Gasteiger partial charge in [0, 0.05) is 67.8 Å². The summed E-state index contributed by atoms with van der Waals surface area (Å²) < 4.78 is 19.1. The van der Waals surface area contributed by atoms with Crippen LogP contribution in [0, 0.1) is 5.82 Å². The number of rotatable bonds is 4. The van der Waals surface area contributed by atoms with Crippen molar-refractivity contribution >= 4 is 38.6 Å². The fraction of sp³-hybridized carbons (Fsp3) is 0.471. The van der Waals surface area contributed by atoms with Gasteiger partial charge in [-0.3, -0.25) is 4.99 Å². The number of aryl methyl sites for hydroxylation is 1. The minimum absolute atomic E-state index is 0.219. The molecule has 1 aliphatic rings. The molecule has 3 rings (SSSR count). The molecule has 1 N–H and O–H groups in total. The molecule has 0 spiro atoms. The van der Waals surface area contributed by atoms with E-state index in [4.69, 9.17) is 0 Å². The average molecular weight is 441 g/mol. The number of benzene rings is 1. The molecule has 1 aromatic heterocycles. The predicted octanol–water partition coefficient (Wildman–Crippen LogP) is 2.90. The Kier molecular flexibility index (Phi) is 6.42. The molecule has 0 radical (unpaired) electrons. The summed E-state index contributed by atoms with van der Waals surface area (Å²) in [5, 5.41) is 4.25. The molecule has 9 heteroatoms. The van der Waals surface area contributed by atoms with E-state index in [-0.39, 0.29) is 5.82 Å². The summed E-state index contributed by atoms with van der Waals surface area (Å²) in [6.45, 7) is 5.86. The first kappa shape index (κ1) is 19.0. The predicted molar refractivity (Wildman–Crippen MR) is 107 cm³/mol. The van der Waals surface area contributed by atoms with Crippen molar-refractivity contribution in [3.05, 3.63) is 39.9 Å². The van der Waals surface area contributed by atoms with E-state index in [2.05, 4.69) is 52.3 Å². The Morgan fingerprint density at radius 2 is 2.12 bits per heavy atom. The normalized spacial score (nSPS) is 15.5. The lowest BCUT2D eigenvalue weighted by molar-refractivity contribution is 0.372. The first-order valence-corrected chi connectivity index (χ1v) is 10.1. The molecule has 1 aliphatic heterocycles. The minimum Gasteiger partial charge on any atom is -0.352 e. The summed E-state index contributed by atoms with van der Waals surface area (Å²) in [7, 11) is 1.75. The van der Waals surface area contributed by atoms with Gasteiger partial charge in [0.1, 0.15) is 11.6 Å². The van der Waals surface area contributed by atoms with Gasteiger partial charge in [-0.25, -0.2) is 9.37 Å². The third-order valence-electron chi connectivity index (χ3n) is 4.28. The number of aliphatic imine (C=N–C) groups is 1. The Morgan fingerprint density at radius 3 is 2.77 bits per heavy atom. The van der Waals surface area contributed by atoms with Crippen LogP contribution in [0.2, 0.25) is 0 Å². The van der Waals surface area contributed by atoms with Crippen LogP contribution in [0.4, 0.5) is 9.52 Å². The summed E-state index contributed by atoms with van der Waals surface area (Å²) in [4.78, 5) is 13.4. The standard InChI is InChI=1S/C17H22BrFN6S/c1-3-15-22-17(26-23-15)25-8-6-24(7-9-25)16(20-2)21-11-12-10-13(18)4-5-14(12)19/h4-5,10H,3,6-9,11H2,1-2H3,(H,20,21). The number of hydrogen-bond acceptors (Lipinski definition) is 5. The average Bonchev–Trinajstić information content (AvgIpc) is 3.14. The van der Waals surface area contributed by atoms with E-state index in [1.165, 1.54) is 17.6 Å². The van der Waals surface area contributed by atoms with Gasteiger partial charge in [0.15, 0.2) is 5.96 Å². The first-order valence-electron chi connectivity index (χ1n) is 8.57. The van der Waals surface area contributed by atoms with E-state index in [0.29, 0.717) is 12.1 Å². The van der Waals surface area contributed by atoms with E-state index in [1.54, 1.807) is 19.2 Å². The maximum atomic E-state index is 13.9. The molecule has 0 aliphatic carbocycles. The van der Waals surface area contributed by atoms with Crippen LogP contribution in [0.3, 0.4) is 0 Å². The van der Waals surface area contributed by atoms with Gasteiger partial charge in [-0.2, -0.15) is 4.37 Å². The number of nitrogens with one attached hydrogen (secondary N) is 1. The van der Waals surface area contributed by atoms with Crippen LogP contribution < -0.4 is 10.2 Å². The minimum atomic E-state index is -0.219. The highest BCUT2D eigenvalue weighted by molar-refractivity contribution is 9.10.